The van der Waals surface area contributed by atoms with E-state index in [2.05, 4.69) is 30.9 Å². The van der Waals surface area contributed by atoms with Crippen LogP contribution < -0.4 is 5.32 Å². The van der Waals surface area contributed by atoms with Gasteiger partial charge in [-0.1, -0.05) is 54.6 Å². The molecule has 3 heterocycles. The van der Waals surface area contributed by atoms with Crippen LogP contribution in [0.1, 0.15) is 11.3 Å². The molecule has 10 heteroatoms. The first-order chi connectivity index (χ1) is 16.1. The second kappa shape index (κ2) is 8.60. The molecule has 1 aliphatic heterocycles. The number of aromatic nitrogens is 5. The second-order valence-corrected chi connectivity index (χ2v) is 7.74. The molecule has 9 nitrogen and oxygen atoms in total. The van der Waals surface area contributed by atoms with Gasteiger partial charge in [-0.25, -0.2) is 5.10 Å². The SMILES string of the molecule is O=C1NC(=S)N(Cc2ccccc2)C(=O)/C1=C/c1ccc(-c2ccc(-c3nnn[nH]3)cc2)[nH]1. The molecule has 1 fully saturated rings. The van der Waals surface area contributed by atoms with E-state index >= 15 is 0 Å². The molecule has 2 aromatic carbocycles. The maximum absolute atomic E-state index is 13.1. The fourth-order valence-corrected chi connectivity index (χ4v) is 3.75. The molecule has 1 saturated heterocycles. The number of rotatable bonds is 5. The van der Waals surface area contributed by atoms with Gasteiger partial charge in [0.25, 0.3) is 11.8 Å². The van der Waals surface area contributed by atoms with E-state index in [0.717, 1.165) is 22.4 Å². The lowest BCUT2D eigenvalue weighted by molar-refractivity contribution is -0.129. The quantitative estimate of drug-likeness (QED) is 0.242. The fourth-order valence-electron chi connectivity index (χ4n) is 3.51. The number of carbonyl (C=O) groups excluding carboxylic acids is 2. The van der Waals surface area contributed by atoms with Crippen molar-refractivity contribution in [3.63, 3.8) is 0 Å². The zero-order valence-corrected chi connectivity index (χ0v) is 18.0. The van der Waals surface area contributed by atoms with E-state index in [9.17, 15) is 9.59 Å². The summed E-state index contributed by atoms with van der Waals surface area (Å²) in [6.45, 7) is 0.277. The maximum atomic E-state index is 13.1. The second-order valence-electron chi connectivity index (χ2n) is 7.35. The molecule has 2 aromatic heterocycles. The first-order valence-corrected chi connectivity index (χ1v) is 10.5. The van der Waals surface area contributed by atoms with E-state index in [-0.39, 0.29) is 17.2 Å². The van der Waals surface area contributed by atoms with Crippen LogP contribution in [0.3, 0.4) is 0 Å². The summed E-state index contributed by atoms with van der Waals surface area (Å²) in [7, 11) is 0. The van der Waals surface area contributed by atoms with Crippen LogP contribution in [0.25, 0.3) is 28.7 Å². The van der Waals surface area contributed by atoms with Crippen LogP contribution in [0.15, 0.2) is 72.3 Å². The van der Waals surface area contributed by atoms with E-state index in [1.165, 1.54) is 11.0 Å². The Hall–Kier alpha value is -4.44. The summed E-state index contributed by atoms with van der Waals surface area (Å²) in [6.07, 6.45) is 1.54. The summed E-state index contributed by atoms with van der Waals surface area (Å²) < 4.78 is 0. The number of tetrazole rings is 1. The molecule has 4 aromatic rings. The predicted molar refractivity (Wildman–Crippen MR) is 125 cm³/mol. The van der Waals surface area contributed by atoms with Gasteiger partial charge in [0.1, 0.15) is 5.57 Å². The number of hydrogen-bond donors (Lipinski definition) is 3. The number of nitrogens with zero attached hydrogens (tertiary/aromatic N) is 4. The molecular weight excluding hydrogens is 438 g/mol. The molecule has 162 valence electrons. The van der Waals surface area contributed by atoms with Crippen molar-refractivity contribution in [2.45, 2.75) is 6.54 Å². The highest BCUT2D eigenvalue weighted by Gasteiger charge is 2.33. The lowest BCUT2D eigenvalue weighted by atomic mass is 10.1. The molecule has 0 unspecified atom stereocenters. The molecule has 3 N–H and O–H groups in total. The summed E-state index contributed by atoms with van der Waals surface area (Å²) >= 11 is 5.23. The molecule has 0 bridgehead atoms. The Labute approximate surface area is 193 Å². The minimum Gasteiger partial charge on any atom is -0.355 e. The van der Waals surface area contributed by atoms with Gasteiger partial charge in [-0.3, -0.25) is 19.8 Å². The van der Waals surface area contributed by atoms with Crippen LogP contribution in [-0.2, 0) is 16.1 Å². The first kappa shape index (κ1) is 20.5. The van der Waals surface area contributed by atoms with Gasteiger partial charge in [0, 0.05) is 17.0 Å². The van der Waals surface area contributed by atoms with Crippen LogP contribution in [-0.4, -0.2) is 47.4 Å². The summed E-state index contributed by atoms with van der Waals surface area (Å²) in [5, 5.41) is 16.5. The Morgan fingerprint density at radius 3 is 2.42 bits per heavy atom. The van der Waals surface area contributed by atoms with Crippen LogP contribution in [0.5, 0.6) is 0 Å². The molecule has 0 atom stereocenters. The zero-order chi connectivity index (χ0) is 22.8. The molecule has 2 amide bonds. The van der Waals surface area contributed by atoms with E-state index in [0.29, 0.717) is 11.5 Å². The highest BCUT2D eigenvalue weighted by molar-refractivity contribution is 7.80. The van der Waals surface area contributed by atoms with Crippen LogP contribution in [0.4, 0.5) is 0 Å². The van der Waals surface area contributed by atoms with Crippen LogP contribution in [0, 0.1) is 0 Å². The van der Waals surface area contributed by atoms with E-state index in [4.69, 9.17) is 12.2 Å². The Morgan fingerprint density at radius 2 is 1.70 bits per heavy atom. The zero-order valence-electron chi connectivity index (χ0n) is 17.1. The number of aromatic amines is 2. The minimum atomic E-state index is -0.518. The molecule has 0 spiro atoms. The molecule has 0 aliphatic carbocycles. The first-order valence-electron chi connectivity index (χ1n) is 10.0. The Morgan fingerprint density at radius 1 is 0.939 bits per heavy atom. The van der Waals surface area contributed by atoms with E-state index in [1.54, 1.807) is 0 Å². The maximum Gasteiger partial charge on any atom is 0.266 e. The number of carbonyl (C=O) groups is 2. The molecular formula is C23H17N7O2S. The number of amides is 2. The van der Waals surface area contributed by atoms with Crippen molar-refractivity contribution in [2.75, 3.05) is 0 Å². The average Bonchev–Trinajstić information content (AvgIpc) is 3.53. The van der Waals surface area contributed by atoms with Crippen LogP contribution in [0.2, 0.25) is 0 Å². The van der Waals surface area contributed by atoms with Gasteiger partial charge in [-0.2, -0.15) is 0 Å². The van der Waals surface area contributed by atoms with Crippen molar-refractivity contribution >= 4 is 35.2 Å². The van der Waals surface area contributed by atoms with Gasteiger partial charge >= 0.3 is 0 Å². The Bertz CT molecular complexity index is 1360. The van der Waals surface area contributed by atoms with Gasteiger partial charge in [-0.05, 0) is 52.0 Å². The normalized spacial score (nSPS) is 15.2. The molecule has 0 saturated carbocycles. The fraction of sp³-hybridized carbons (Fsp3) is 0.0435. The largest absolute Gasteiger partial charge is 0.355 e. The van der Waals surface area contributed by atoms with Crippen LogP contribution >= 0.6 is 12.2 Å². The summed E-state index contributed by atoms with van der Waals surface area (Å²) in [5.74, 6) is -0.373. The van der Waals surface area contributed by atoms with Crippen molar-refractivity contribution in [3.05, 3.63) is 83.6 Å². The lowest BCUT2D eigenvalue weighted by Crippen LogP contribution is -2.53. The lowest BCUT2D eigenvalue weighted by Gasteiger charge is -2.28. The summed E-state index contributed by atoms with van der Waals surface area (Å²) in [6, 6.07) is 20.8. The topological polar surface area (TPSA) is 120 Å². The average molecular weight is 456 g/mol. The van der Waals surface area contributed by atoms with Gasteiger partial charge < -0.3 is 4.98 Å². The number of thiocarbonyl (C=S) groups is 1. The number of nitrogens with one attached hydrogen (secondary N) is 3. The number of H-pyrrole nitrogens is 2. The highest BCUT2D eigenvalue weighted by atomic mass is 32.1. The Balaban J connectivity index is 1.38. The third kappa shape index (κ3) is 4.19. The van der Waals surface area contributed by atoms with E-state index < -0.39 is 11.8 Å². The van der Waals surface area contributed by atoms with Gasteiger partial charge in [-0.15, -0.1) is 5.10 Å². The molecule has 5 rings (SSSR count). The number of hydrogen-bond acceptors (Lipinski definition) is 6. The van der Waals surface area contributed by atoms with Gasteiger partial charge in [0.2, 0.25) is 0 Å². The molecule has 33 heavy (non-hydrogen) atoms. The molecule has 1 aliphatic rings. The smallest absolute Gasteiger partial charge is 0.266 e. The summed E-state index contributed by atoms with van der Waals surface area (Å²) in [5.41, 5.74) is 4.18. The standard InChI is InChI=1S/C23H17N7O2S/c31-21-18(22(32)30(23(33)25-21)13-14-4-2-1-3-5-14)12-17-10-11-19(24-17)15-6-8-16(9-7-15)20-26-28-29-27-20/h1-12,24H,13H2,(H,25,31,33)(H,26,27,28,29)/b18-12+. The number of benzene rings is 2. The van der Waals surface area contributed by atoms with Crippen molar-refractivity contribution in [2.24, 2.45) is 0 Å². The predicted octanol–water partition coefficient (Wildman–Crippen LogP) is 2.69. The summed E-state index contributed by atoms with van der Waals surface area (Å²) in [4.78, 5) is 30.2. The van der Waals surface area contributed by atoms with Gasteiger partial charge in [0.05, 0.1) is 6.54 Å². The third-order valence-electron chi connectivity index (χ3n) is 5.19. The third-order valence-corrected chi connectivity index (χ3v) is 5.51. The van der Waals surface area contributed by atoms with Crippen molar-refractivity contribution in [1.82, 2.24) is 35.8 Å². The minimum absolute atomic E-state index is 0.0149. The van der Waals surface area contributed by atoms with Crippen molar-refractivity contribution in [3.8, 4) is 22.6 Å². The molecule has 0 radical (unpaired) electrons. The van der Waals surface area contributed by atoms with Crippen molar-refractivity contribution in [1.29, 1.82) is 0 Å². The van der Waals surface area contributed by atoms with E-state index in [1.807, 2.05) is 66.7 Å². The highest BCUT2D eigenvalue weighted by Crippen LogP contribution is 2.24. The Kier molecular flexibility index (Phi) is 5.33. The monoisotopic (exact) mass is 455 g/mol. The van der Waals surface area contributed by atoms with Crippen molar-refractivity contribution < 1.29 is 9.59 Å². The van der Waals surface area contributed by atoms with Gasteiger partial charge in [0.15, 0.2) is 10.9 Å².